The zero-order valence-electron chi connectivity index (χ0n) is 14.6. The van der Waals surface area contributed by atoms with E-state index in [9.17, 15) is 4.79 Å². The molecule has 1 heterocycles. The van der Waals surface area contributed by atoms with Crippen LogP contribution in [0, 0.1) is 0 Å². The maximum Gasteiger partial charge on any atom is 0.419 e. The van der Waals surface area contributed by atoms with Crippen LogP contribution in [0.5, 0.6) is 5.75 Å². The number of hydrogen-bond donors (Lipinski definition) is 0. The maximum atomic E-state index is 12.5. The van der Waals surface area contributed by atoms with Gasteiger partial charge in [0.2, 0.25) is 0 Å². The molecule has 0 radical (unpaired) electrons. The van der Waals surface area contributed by atoms with E-state index < -0.39 is 11.7 Å². The van der Waals surface area contributed by atoms with E-state index >= 15 is 0 Å². The van der Waals surface area contributed by atoms with Crippen molar-refractivity contribution < 1.29 is 19.1 Å². The molecule has 0 bridgehead atoms. The third-order valence-corrected chi connectivity index (χ3v) is 3.16. The first kappa shape index (κ1) is 17.6. The second kappa shape index (κ2) is 7.21. The molecule has 0 aliphatic heterocycles. The van der Waals surface area contributed by atoms with Crippen molar-refractivity contribution in [2.45, 2.75) is 26.4 Å². The Hall–Kier alpha value is -2.76. The first-order valence-corrected chi connectivity index (χ1v) is 7.51. The van der Waals surface area contributed by atoms with E-state index in [1.807, 2.05) is 45.0 Å². The van der Waals surface area contributed by atoms with Crippen LogP contribution >= 0.6 is 0 Å². The van der Waals surface area contributed by atoms with E-state index in [-0.39, 0.29) is 0 Å². The standard InChI is InChI=1S/C18H22N2O4/c1-18(2,3)24-17(21)20-12-13(7-6-10-19-23-5)15-11-14(22-4)8-9-16(15)20/h6-12H,1-5H3/b7-6-,19-10+. The Bertz CT molecular complexity index is 782. The number of rotatable bonds is 4. The Morgan fingerprint density at radius 1 is 1.25 bits per heavy atom. The van der Waals surface area contributed by atoms with E-state index in [1.54, 1.807) is 19.4 Å². The largest absolute Gasteiger partial charge is 0.497 e. The molecule has 6 nitrogen and oxygen atoms in total. The number of oxime groups is 1. The van der Waals surface area contributed by atoms with Crippen molar-refractivity contribution in [1.29, 1.82) is 0 Å². The number of allylic oxidation sites excluding steroid dienone is 1. The lowest BCUT2D eigenvalue weighted by atomic mass is 10.1. The van der Waals surface area contributed by atoms with Crippen molar-refractivity contribution >= 4 is 29.3 Å². The Morgan fingerprint density at radius 3 is 2.62 bits per heavy atom. The van der Waals surface area contributed by atoms with Crippen molar-refractivity contribution in [3.63, 3.8) is 0 Å². The van der Waals surface area contributed by atoms with Gasteiger partial charge in [0.1, 0.15) is 18.5 Å². The van der Waals surface area contributed by atoms with Crippen LogP contribution in [-0.4, -0.2) is 36.7 Å². The fourth-order valence-electron chi connectivity index (χ4n) is 2.20. The van der Waals surface area contributed by atoms with Gasteiger partial charge in [-0.1, -0.05) is 11.2 Å². The molecule has 0 amide bonds. The number of benzene rings is 1. The van der Waals surface area contributed by atoms with Crippen LogP contribution in [0.15, 0.2) is 35.6 Å². The van der Waals surface area contributed by atoms with Gasteiger partial charge in [-0.3, -0.25) is 4.57 Å². The molecule has 1 aromatic carbocycles. The molecule has 2 rings (SSSR count). The lowest BCUT2D eigenvalue weighted by Gasteiger charge is -2.19. The first-order chi connectivity index (χ1) is 11.4. The summed E-state index contributed by atoms with van der Waals surface area (Å²) >= 11 is 0. The van der Waals surface area contributed by atoms with Gasteiger partial charge in [-0.2, -0.15) is 0 Å². The number of fused-ring (bicyclic) bond motifs is 1. The van der Waals surface area contributed by atoms with Gasteiger partial charge < -0.3 is 14.3 Å². The number of aromatic nitrogens is 1. The molecule has 1 aromatic heterocycles. The molecule has 2 aromatic rings. The minimum Gasteiger partial charge on any atom is -0.497 e. The average Bonchev–Trinajstić information content (AvgIpc) is 2.88. The number of carbonyl (C=O) groups excluding carboxylic acids is 1. The smallest absolute Gasteiger partial charge is 0.419 e. The summed E-state index contributed by atoms with van der Waals surface area (Å²) in [5.74, 6) is 0.713. The maximum absolute atomic E-state index is 12.5. The van der Waals surface area contributed by atoms with E-state index in [0.29, 0.717) is 5.75 Å². The molecule has 0 N–H and O–H groups in total. The molecule has 0 spiro atoms. The highest BCUT2D eigenvalue weighted by molar-refractivity contribution is 5.97. The molecule has 0 aliphatic rings. The molecule has 6 heteroatoms. The second-order valence-corrected chi connectivity index (χ2v) is 6.11. The normalized spacial score (nSPS) is 12.2. The lowest BCUT2D eigenvalue weighted by molar-refractivity contribution is 0.0544. The number of methoxy groups -OCH3 is 1. The summed E-state index contributed by atoms with van der Waals surface area (Å²) in [4.78, 5) is 17.1. The number of ether oxygens (including phenoxy) is 2. The van der Waals surface area contributed by atoms with Gasteiger partial charge in [-0.15, -0.1) is 0 Å². The summed E-state index contributed by atoms with van der Waals surface area (Å²) in [5.41, 5.74) is 1.02. The van der Waals surface area contributed by atoms with Crippen LogP contribution in [0.4, 0.5) is 4.79 Å². The zero-order valence-corrected chi connectivity index (χ0v) is 14.6. The van der Waals surface area contributed by atoms with E-state index in [0.717, 1.165) is 16.5 Å². The molecule has 128 valence electrons. The van der Waals surface area contributed by atoms with E-state index in [1.165, 1.54) is 17.9 Å². The molecular weight excluding hydrogens is 308 g/mol. The second-order valence-electron chi connectivity index (χ2n) is 6.11. The summed E-state index contributed by atoms with van der Waals surface area (Å²) in [5, 5.41) is 4.53. The van der Waals surface area contributed by atoms with Gasteiger partial charge in [-0.05, 0) is 45.0 Å². The fourth-order valence-corrected chi connectivity index (χ4v) is 2.20. The van der Waals surface area contributed by atoms with Crippen LogP contribution < -0.4 is 4.74 Å². The molecule has 0 saturated heterocycles. The SMILES string of the molecule is CO/N=C/C=C\c1cn(C(=O)OC(C)(C)C)c2ccc(OC)cc12. The fraction of sp³-hybridized carbons (Fsp3) is 0.333. The minimum absolute atomic E-state index is 0.428. The molecule has 0 atom stereocenters. The highest BCUT2D eigenvalue weighted by Crippen LogP contribution is 2.27. The first-order valence-electron chi connectivity index (χ1n) is 7.51. The predicted octanol–water partition coefficient (Wildman–Crippen LogP) is 4.08. The van der Waals surface area contributed by atoms with E-state index in [2.05, 4.69) is 9.99 Å². The number of nitrogens with zero attached hydrogens (tertiary/aromatic N) is 2. The molecule has 0 unspecified atom stereocenters. The highest BCUT2D eigenvalue weighted by atomic mass is 16.6. The Labute approximate surface area is 141 Å². The van der Waals surface area contributed by atoms with Crippen LogP contribution in [0.3, 0.4) is 0 Å². The van der Waals surface area contributed by atoms with Crippen LogP contribution in [0.1, 0.15) is 26.3 Å². The Kier molecular flexibility index (Phi) is 5.28. The van der Waals surface area contributed by atoms with Gasteiger partial charge >= 0.3 is 6.09 Å². The predicted molar refractivity (Wildman–Crippen MR) is 94.7 cm³/mol. The van der Waals surface area contributed by atoms with E-state index in [4.69, 9.17) is 9.47 Å². The lowest BCUT2D eigenvalue weighted by Crippen LogP contribution is -2.26. The average molecular weight is 330 g/mol. The minimum atomic E-state index is -0.568. The summed E-state index contributed by atoms with van der Waals surface area (Å²) < 4.78 is 12.2. The summed E-state index contributed by atoms with van der Waals surface area (Å²) in [6.07, 6.45) is 6.40. The van der Waals surface area contributed by atoms with Crippen LogP contribution in [-0.2, 0) is 9.57 Å². The monoisotopic (exact) mass is 330 g/mol. The van der Waals surface area contributed by atoms with Gasteiger partial charge in [0, 0.05) is 17.1 Å². The van der Waals surface area contributed by atoms with Crippen LogP contribution in [0.25, 0.3) is 17.0 Å². The van der Waals surface area contributed by atoms with Gasteiger partial charge in [-0.25, -0.2) is 4.79 Å². The molecule has 0 fully saturated rings. The van der Waals surface area contributed by atoms with Crippen molar-refractivity contribution in [2.24, 2.45) is 5.16 Å². The molecule has 0 aliphatic carbocycles. The van der Waals surface area contributed by atoms with Crippen molar-refractivity contribution in [3.8, 4) is 5.75 Å². The van der Waals surface area contributed by atoms with Crippen molar-refractivity contribution in [2.75, 3.05) is 14.2 Å². The van der Waals surface area contributed by atoms with Crippen molar-refractivity contribution in [3.05, 3.63) is 36.0 Å². The Morgan fingerprint density at radius 2 is 2.00 bits per heavy atom. The molecule has 24 heavy (non-hydrogen) atoms. The van der Waals surface area contributed by atoms with Gasteiger partial charge in [0.05, 0.1) is 18.8 Å². The van der Waals surface area contributed by atoms with Gasteiger partial charge in [0.15, 0.2) is 0 Å². The summed E-state index contributed by atoms with van der Waals surface area (Å²) in [6.45, 7) is 5.50. The summed E-state index contributed by atoms with van der Waals surface area (Å²) in [7, 11) is 3.08. The summed E-state index contributed by atoms with van der Waals surface area (Å²) in [6, 6.07) is 5.52. The topological polar surface area (TPSA) is 62.1 Å². The zero-order chi connectivity index (χ0) is 17.7. The molecular formula is C18H22N2O4. The highest BCUT2D eigenvalue weighted by Gasteiger charge is 2.20. The van der Waals surface area contributed by atoms with Gasteiger partial charge in [0.25, 0.3) is 0 Å². The Balaban J connectivity index is 2.50. The van der Waals surface area contributed by atoms with Crippen molar-refractivity contribution in [1.82, 2.24) is 4.57 Å². The third kappa shape index (κ3) is 4.16. The third-order valence-electron chi connectivity index (χ3n) is 3.16. The van der Waals surface area contributed by atoms with Crippen LogP contribution in [0.2, 0.25) is 0 Å². The molecule has 0 saturated carbocycles. The quantitative estimate of drug-likeness (QED) is 0.626. The number of carbonyl (C=O) groups is 1. The number of hydrogen-bond acceptors (Lipinski definition) is 5.